The second-order valence-electron chi connectivity index (χ2n) is 2.94. The summed E-state index contributed by atoms with van der Waals surface area (Å²) in [4.78, 5) is 0. The van der Waals surface area contributed by atoms with Crippen molar-refractivity contribution in [3.63, 3.8) is 0 Å². The molecule has 74 valence electrons. The topological polar surface area (TPSA) is 44.5 Å². The molecule has 0 heterocycles. The molecule has 0 fully saturated rings. The van der Waals surface area contributed by atoms with E-state index in [1.54, 1.807) is 7.11 Å². The van der Waals surface area contributed by atoms with Crippen molar-refractivity contribution in [1.82, 2.24) is 0 Å². The van der Waals surface area contributed by atoms with Gasteiger partial charge in [-0.1, -0.05) is 13.3 Å². The van der Waals surface area contributed by atoms with Crippen LogP contribution in [0.4, 0.5) is 0 Å². The van der Waals surface area contributed by atoms with Gasteiger partial charge in [-0.25, -0.2) is 0 Å². The fraction of sp³-hybridized carbons (Fsp3) is 1.00. The first-order chi connectivity index (χ1) is 5.81. The Morgan fingerprint density at radius 3 is 2.50 bits per heavy atom. The van der Waals surface area contributed by atoms with E-state index in [0.717, 1.165) is 25.9 Å². The molecule has 0 bridgehead atoms. The highest BCUT2D eigenvalue weighted by atomic mass is 16.5. The molecule has 0 saturated carbocycles. The summed E-state index contributed by atoms with van der Waals surface area (Å²) in [5.41, 5.74) is 5.79. The molecule has 0 aromatic carbocycles. The van der Waals surface area contributed by atoms with Crippen LogP contribution in [0.25, 0.3) is 0 Å². The van der Waals surface area contributed by atoms with E-state index in [1.165, 1.54) is 0 Å². The molecule has 0 aromatic rings. The lowest BCUT2D eigenvalue weighted by Crippen LogP contribution is -2.21. The van der Waals surface area contributed by atoms with Gasteiger partial charge in [-0.3, -0.25) is 0 Å². The minimum absolute atomic E-state index is 0.303. The van der Waals surface area contributed by atoms with Gasteiger partial charge in [0.1, 0.15) is 0 Å². The fourth-order valence-electron chi connectivity index (χ4n) is 0.994. The molecule has 0 aliphatic rings. The maximum Gasteiger partial charge on any atom is 0.0700 e. The van der Waals surface area contributed by atoms with Crippen LogP contribution in [0.1, 0.15) is 26.2 Å². The van der Waals surface area contributed by atoms with Crippen molar-refractivity contribution >= 4 is 0 Å². The van der Waals surface area contributed by atoms with Crippen LogP contribution in [-0.2, 0) is 9.47 Å². The Morgan fingerprint density at radius 2 is 1.92 bits per heavy atom. The van der Waals surface area contributed by atoms with Crippen LogP contribution < -0.4 is 5.73 Å². The molecule has 0 aliphatic carbocycles. The number of rotatable bonds is 8. The third kappa shape index (κ3) is 7.98. The summed E-state index contributed by atoms with van der Waals surface area (Å²) in [5, 5.41) is 0. The van der Waals surface area contributed by atoms with Gasteiger partial charge >= 0.3 is 0 Å². The number of methoxy groups -OCH3 is 1. The lowest BCUT2D eigenvalue weighted by molar-refractivity contribution is 0.0669. The van der Waals surface area contributed by atoms with Gasteiger partial charge in [0, 0.05) is 19.8 Å². The lowest BCUT2D eigenvalue weighted by Gasteiger charge is -2.09. The van der Waals surface area contributed by atoms with Crippen molar-refractivity contribution in [3.05, 3.63) is 0 Å². The maximum absolute atomic E-state index is 5.79. The normalized spacial score (nSPS) is 13.2. The van der Waals surface area contributed by atoms with Gasteiger partial charge in [-0.05, 0) is 12.8 Å². The number of hydrogen-bond donors (Lipinski definition) is 1. The van der Waals surface area contributed by atoms with Gasteiger partial charge in [0.2, 0.25) is 0 Å². The molecule has 0 amide bonds. The van der Waals surface area contributed by atoms with Crippen molar-refractivity contribution in [2.75, 3.05) is 26.9 Å². The molecular weight excluding hydrogens is 154 g/mol. The fourth-order valence-corrected chi connectivity index (χ4v) is 0.994. The van der Waals surface area contributed by atoms with Crippen LogP contribution in [-0.4, -0.2) is 33.0 Å². The number of ether oxygens (including phenoxy) is 2. The average molecular weight is 175 g/mol. The maximum atomic E-state index is 5.79. The summed E-state index contributed by atoms with van der Waals surface area (Å²) in [6, 6.07) is 0.303. The molecule has 0 radical (unpaired) electrons. The van der Waals surface area contributed by atoms with Crippen molar-refractivity contribution in [2.45, 2.75) is 32.2 Å². The minimum atomic E-state index is 0.303. The van der Waals surface area contributed by atoms with Crippen molar-refractivity contribution < 1.29 is 9.47 Å². The van der Waals surface area contributed by atoms with E-state index in [0.29, 0.717) is 19.3 Å². The highest BCUT2D eigenvalue weighted by molar-refractivity contribution is 4.58. The SMILES string of the molecule is CCC[C@@H](N)CCOCCOC. The van der Waals surface area contributed by atoms with Crippen LogP contribution in [0.2, 0.25) is 0 Å². The lowest BCUT2D eigenvalue weighted by atomic mass is 10.1. The summed E-state index contributed by atoms with van der Waals surface area (Å²) in [7, 11) is 1.67. The van der Waals surface area contributed by atoms with E-state index in [1.807, 2.05) is 0 Å². The molecule has 0 rings (SSSR count). The summed E-state index contributed by atoms with van der Waals surface area (Å²) >= 11 is 0. The van der Waals surface area contributed by atoms with E-state index in [4.69, 9.17) is 15.2 Å². The van der Waals surface area contributed by atoms with Crippen molar-refractivity contribution in [3.8, 4) is 0 Å². The summed E-state index contributed by atoms with van der Waals surface area (Å²) in [6.45, 7) is 4.24. The van der Waals surface area contributed by atoms with Gasteiger partial charge in [0.15, 0.2) is 0 Å². The molecule has 0 spiro atoms. The third-order valence-electron chi connectivity index (χ3n) is 1.72. The van der Waals surface area contributed by atoms with Gasteiger partial charge < -0.3 is 15.2 Å². The molecule has 0 unspecified atom stereocenters. The zero-order valence-corrected chi connectivity index (χ0v) is 8.21. The first-order valence-corrected chi connectivity index (χ1v) is 4.63. The smallest absolute Gasteiger partial charge is 0.0700 e. The van der Waals surface area contributed by atoms with E-state index < -0.39 is 0 Å². The van der Waals surface area contributed by atoms with Crippen molar-refractivity contribution in [2.24, 2.45) is 5.73 Å². The second kappa shape index (κ2) is 8.97. The molecule has 0 aliphatic heterocycles. The molecule has 3 heteroatoms. The summed E-state index contributed by atoms with van der Waals surface area (Å²) < 4.78 is 10.1. The summed E-state index contributed by atoms with van der Waals surface area (Å²) in [6.07, 6.45) is 3.20. The molecular formula is C9H21NO2. The van der Waals surface area contributed by atoms with Crippen LogP contribution in [0.5, 0.6) is 0 Å². The second-order valence-corrected chi connectivity index (χ2v) is 2.94. The predicted molar refractivity (Wildman–Crippen MR) is 50.2 cm³/mol. The molecule has 0 saturated heterocycles. The molecule has 3 nitrogen and oxygen atoms in total. The van der Waals surface area contributed by atoms with Gasteiger partial charge in [0.25, 0.3) is 0 Å². The molecule has 1 atom stereocenters. The van der Waals surface area contributed by atoms with Crippen LogP contribution in [0, 0.1) is 0 Å². The highest BCUT2D eigenvalue weighted by Gasteiger charge is 1.99. The molecule has 2 N–H and O–H groups in total. The van der Waals surface area contributed by atoms with Crippen LogP contribution in [0.15, 0.2) is 0 Å². The minimum Gasteiger partial charge on any atom is -0.382 e. The van der Waals surface area contributed by atoms with Gasteiger partial charge in [0.05, 0.1) is 13.2 Å². The van der Waals surface area contributed by atoms with Crippen molar-refractivity contribution in [1.29, 1.82) is 0 Å². The Bertz CT molecular complexity index is 88.6. The summed E-state index contributed by atoms with van der Waals surface area (Å²) in [5.74, 6) is 0. The first-order valence-electron chi connectivity index (χ1n) is 4.63. The Labute approximate surface area is 75.2 Å². The standard InChI is InChI=1S/C9H21NO2/c1-3-4-9(10)5-6-12-8-7-11-2/h9H,3-8,10H2,1-2H3/t9-/m1/s1. The van der Waals surface area contributed by atoms with E-state index in [2.05, 4.69) is 6.92 Å². The monoisotopic (exact) mass is 175 g/mol. The van der Waals surface area contributed by atoms with Crippen LogP contribution in [0.3, 0.4) is 0 Å². The largest absolute Gasteiger partial charge is 0.382 e. The Hall–Kier alpha value is -0.120. The van der Waals surface area contributed by atoms with Crippen LogP contribution >= 0.6 is 0 Å². The van der Waals surface area contributed by atoms with Gasteiger partial charge in [-0.2, -0.15) is 0 Å². The third-order valence-corrected chi connectivity index (χ3v) is 1.72. The number of hydrogen-bond acceptors (Lipinski definition) is 3. The predicted octanol–water partition coefficient (Wildman–Crippen LogP) is 1.17. The first kappa shape index (κ1) is 11.9. The zero-order chi connectivity index (χ0) is 9.23. The van der Waals surface area contributed by atoms with Gasteiger partial charge in [-0.15, -0.1) is 0 Å². The quantitative estimate of drug-likeness (QED) is 0.563. The van der Waals surface area contributed by atoms with E-state index >= 15 is 0 Å². The molecule has 12 heavy (non-hydrogen) atoms. The average Bonchev–Trinajstić information content (AvgIpc) is 2.05. The highest BCUT2D eigenvalue weighted by Crippen LogP contribution is 1.98. The van der Waals surface area contributed by atoms with E-state index in [-0.39, 0.29) is 0 Å². The Morgan fingerprint density at radius 1 is 1.17 bits per heavy atom. The Kier molecular flexibility index (Phi) is 8.88. The Balaban J connectivity index is 2.97. The number of nitrogens with two attached hydrogens (primary N) is 1. The van der Waals surface area contributed by atoms with E-state index in [9.17, 15) is 0 Å². The zero-order valence-electron chi connectivity index (χ0n) is 8.21. The molecule has 0 aromatic heterocycles.